The summed E-state index contributed by atoms with van der Waals surface area (Å²) in [4.78, 5) is 50.3. The Balaban J connectivity index is 1.48. The van der Waals surface area contributed by atoms with Crippen LogP contribution in [0.5, 0.6) is 0 Å². The van der Waals surface area contributed by atoms with Crippen molar-refractivity contribution in [1.82, 2.24) is 20.8 Å². The van der Waals surface area contributed by atoms with Crippen LogP contribution in [0.15, 0.2) is 36.7 Å². The van der Waals surface area contributed by atoms with Crippen molar-refractivity contribution in [2.75, 3.05) is 37.3 Å². The van der Waals surface area contributed by atoms with Gasteiger partial charge in [0, 0.05) is 12.1 Å². The van der Waals surface area contributed by atoms with Gasteiger partial charge in [-0.25, -0.2) is 30.4 Å². The Morgan fingerprint density at radius 3 is 1.52 bits per heavy atom. The van der Waals surface area contributed by atoms with E-state index in [4.69, 9.17) is 14.2 Å². The van der Waals surface area contributed by atoms with E-state index in [1.807, 2.05) is 0 Å². The molecule has 176 valence electrons. The smallest absolute Gasteiger partial charge is 0.426 e. The monoisotopic (exact) mass is 466 g/mol. The van der Waals surface area contributed by atoms with Crippen LogP contribution in [-0.2, 0) is 14.2 Å². The van der Waals surface area contributed by atoms with Crippen LogP contribution < -0.4 is 21.7 Å². The van der Waals surface area contributed by atoms with Crippen molar-refractivity contribution in [2.45, 2.75) is 0 Å². The zero-order valence-electron chi connectivity index (χ0n) is 16.8. The SMILES string of the molecule is O=C(NNc1ccc([N+](=O)[O-])cn1)OCCOCCOC(=O)NNc1ccc([N+](=O)[O-])cn1. The minimum Gasteiger partial charge on any atom is -0.446 e. The van der Waals surface area contributed by atoms with Crippen LogP contribution in [0.2, 0.25) is 0 Å². The van der Waals surface area contributed by atoms with E-state index in [9.17, 15) is 29.8 Å². The van der Waals surface area contributed by atoms with Crippen molar-refractivity contribution in [3.63, 3.8) is 0 Å². The summed E-state index contributed by atoms with van der Waals surface area (Å²) in [5.74, 6) is 0.339. The minimum absolute atomic E-state index is 0.0269. The molecule has 0 aliphatic rings. The lowest BCUT2D eigenvalue weighted by Gasteiger charge is -2.10. The molecular weight excluding hydrogens is 448 g/mol. The van der Waals surface area contributed by atoms with E-state index < -0.39 is 22.0 Å². The number of nitrogens with zero attached hydrogens (tertiary/aromatic N) is 4. The summed E-state index contributed by atoms with van der Waals surface area (Å²) in [6, 6.07) is 5.02. The molecule has 0 unspecified atom stereocenters. The topological polar surface area (TPSA) is 222 Å². The average molecular weight is 466 g/mol. The molecule has 0 spiro atoms. The molecule has 0 bridgehead atoms. The maximum absolute atomic E-state index is 11.5. The summed E-state index contributed by atoms with van der Waals surface area (Å²) in [6.45, 7) is -0.139. The van der Waals surface area contributed by atoms with E-state index in [2.05, 4.69) is 31.7 Å². The molecule has 2 heterocycles. The van der Waals surface area contributed by atoms with Crippen molar-refractivity contribution < 1.29 is 33.6 Å². The number of nitrogens with one attached hydrogen (secondary N) is 4. The lowest BCUT2D eigenvalue weighted by atomic mass is 10.4. The molecule has 0 aromatic carbocycles. The van der Waals surface area contributed by atoms with Gasteiger partial charge in [-0.3, -0.25) is 31.1 Å². The van der Waals surface area contributed by atoms with Gasteiger partial charge < -0.3 is 14.2 Å². The number of anilines is 2. The fourth-order valence-corrected chi connectivity index (χ4v) is 1.93. The van der Waals surface area contributed by atoms with Crippen molar-refractivity contribution >= 4 is 35.2 Å². The molecular formula is C16H18N8O9. The summed E-state index contributed by atoms with van der Waals surface area (Å²) >= 11 is 0. The van der Waals surface area contributed by atoms with Crippen LogP contribution in [0.4, 0.5) is 32.6 Å². The van der Waals surface area contributed by atoms with Crippen molar-refractivity contribution in [3.8, 4) is 0 Å². The first-order valence-corrected chi connectivity index (χ1v) is 9.01. The number of hydrazine groups is 2. The average Bonchev–Trinajstić information content (AvgIpc) is 2.81. The molecule has 0 radical (unpaired) electrons. The zero-order chi connectivity index (χ0) is 24.1. The summed E-state index contributed by atoms with van der Waals surface area (Å²) in [5.41, 5.74) is 8.79. The van der Waals surface area contributed by atoms with E-state index in [0.717, 1.165) is 12.4 Å². The van der Waals surface area contributed by atoms with Gasteiger partial charge in [0.1, 0.15) is 37.2 Å². The second kappa shape index (κ2) is 12.8. The highest BCUT2D eigenvalue weighted by atomic mass is 16.6. The molecule has 2 rings (SSSR count). The summed E-state index contributed by atoms with van der Waals surface area (Å²) in [5, 5.41) is 21.1. The van der Waals surface area contributed by atoms with Crippen molar-refractivity contribution in [2.24, 2.45) is 0 Å². The maximum Gasteiger partial charge on any atom is 0.426 e. The van der Waals surface area contributed by atoms with Gasteiger partial charge in [-0.1, -0.05) is 0 Å². The van der Waals surface area contributed by atoms with Crippen LogP contribution in [0.25, 0.3) is 0 Å². The highest BCUT2D eigenvalue weighted by Gasteiger charge is 2.08. The molecule has 0 saturated heterocycles. The highest BCUT2D eigenvalue weighted by molar-refractivity contribution is 5.69. The molecule has 17 heteroatoms. The number of hydrogen-bond donors (Lipinski definition) is 4. The molecule has 4 N–H and O–H groups in total. The molecule has 0 fully saturated rings. The number of ether oxygens (including phenoxy) is 3. The molecule has 0 atom stereocenters. The Kier molecular flexibility index (Phi) is 9.49. The van der Waals surface area contributed by atoms with Gasteiger partial charge in [-0.05, 0) is 12.1 Å². The second-order valence-electron chi connectivity index (χ2n) is 5.70. The molecule has 0 aliphatic carbocycles. The number of aromatic nitrogens is 2. The summed E-state index contributed by atoms with van der Waals surface area (Å²) in [6.07, 6.45) is 0.378. The maximum atomic E-state index is 11.5. The number of pyridine rings is 2. The third-order valence-corrected chi connectivity index (χ3v) is 3.42. The third kappa shape index (κ3) is 9.26. The van der Waals surface area contributed by atoms with Gasteiger partial charge in [0.15, 0.2) is 0 Å². The molecule has 33 heavy (non-hydrogen) atoms. The Bertz CT molecular complexity index is 878. The summed E-state index contributed by atoms with van der Waals surface area (Å²) < 4.78 is 14.8. The number of carbonyl (C=O) groups excluding carboxylic acids is 2. The van der Waals surface area contributed by atoms with Gasteiger partial charge in [-0.2, -0.15) is 0 Å². The number of rotatable bonds is 12. The normalized spacial score (nSPS) is 9.94. The molecule has 2 aromatic heterocycles. The number of nitro groups is 2. The minimum atomic E-state index is -0.833. The standard InChI is InChI=1S/C16H18N8O9/c25-15(21-19-13-3-1-11(9-17-13)23(27)28)32-7-5-31-6-8-33-16(26)22-20-14-4-2-12(10-18-14)24(29)30/h1-4,9-10H,5-8H2,(H,17,19)(H,18,20)(H,21,25)(H,22,26). The van der Waals surface area contributed by atoms with Crippen LogP contribution in [0.1, 0.15) is 0 Å². The fraction of sp³-hybridized carbons (Fsp3) is 0.250. The largest absolute Gasteiger partial charge is 0.446 e. The number of amides is 2. The third-order valence-electron chi connectivity index (χ3n) is 3.42. The molecule has 0 saturated carbocycles. The second-order valence-corrected chi connectivity index (χ2v) is 5.70. The predicted octanol–water partition coefficient (Wildman–Crippen LogP) is 1.12. The Morgan fingerprint density at radius 2 is 1.18 bits per heavy atom. The van der Waals surface area contributed by atoms with Crippen LogP contribution in [-0.4, -0.2) is 58.4 Å². The predicted molar refractivity (Wildman–Crippen MR) is 109 cm³/mol. The van der Waals surface area contributed by atoms with E-state index >= 15 is 0 Å². The zero-order valence-corrected chi connectivity index (χ0v) is 16.8. The van der Waals surface area contributed by atoms with Gasteiger partial charge in [0.2, 0.25) is 0 Å². The highest BCUT2D eigenvalue weighted by Crippen LogP contribution is 2.11. The first kappa shape index (κ1) is 24.5. The molecule has 17 nitrogen and oxygen atoms in total. The van der Waals surface area contributed by atoms with E-state index in [1.165, 1.54) is 24.3 Å². The van der Waals surface area contributed by atoms with Crippen LogP contribution in [0.3, 0.4) is 0 Å². The lowest BCUT2D eigenvalue weighted by Crippen LogP contribution is -2.32. The van der Waals surface area contributed by atoms with E-state index in [-0.39, 0.29) is 49.4 Å². The first-order chi connectivity index (χ1) is 15.8. The van der Waals surface area contributed by atoms with Gasteiger partial charge in [0.05, 0.1) is 23.1 Å². The Morgan fingerprint density at radius 1 is 0.758 bits per heavy atom. The van der Waals surface area contributed by atoms with Crippen molar-refractivity contribution in [3.05, 3.63) is 56.9 Å². The van der Waals surface area contributed by atoms with Gasteiger partial charge >= 0.3 is 12.2 Å². The van der Waals surface area contributed by atoms with Gasteiger partial charge in [-0.15, -0.1) is 0 Å². The fourth-order valence-electron chi connectivity index (χ4n) is 1.93. The number of carbonyl (C=O) groups is 2. The molecule has 0 aliphatic heterocycles. The molecule has 2 amide bonds. The van der Waals surface area contributed by atoms with Crippen molar-refractivity contribution in [1.29, 1.82) is 0 Å². The van der Waals surface area contributed by atoms with Crippen LogP contribution >= 0.6 is 0 Å². The van der Waals surface area contributed by atoms with E-state index in [1.54, 1.807) is 0 Å². The van der Waals surface area contributed by atoms with Crippen LogP contribution in [0, 0.1) is 20.2 Å². The first-order valence-electron chi connectivity index (χ1n) is 9.01. The van der Waals surface area contributed by atoms with Gasteiger partial charge in [0.25, 0.3) is 11.4 Å². The molecule has 2 aromatic rings. The summed E-state index contributed by atoms with van der Waals surface area (Å²) in [7, 11) is 0. The Labute approximate surface area is 184 Å². The quantitative estimate of drug-likeness (QED) is 0.196. The lowest BCUT2D eigenvalue weighted by molar-refractivity contribution is -0.385. The van der Waals surface area contributed by atoms with E-state index in [0.29, 0.717) is 0 Å². The number of hydrogen-bond acceptors (Lipinski definition) is 13. The Hall–Kier alpha value is -4.80.